The second-order valence-electron chi connectivity index (χ2n) is 5.85. The summed E-state index contributed by atoms with van der Waals surface area (Å²) in [5.74, 6) is 0.651. The van der Waals surface area contributed by atoms with E-state index in [9.17, 15) is 0 Å². The van der Waals surface area contributed by atoms with Gasteiger partial charge in [-0.15, -0.1) is 0 Å². The molecule has 2 aliphatic rings. The molecule has 1 unspecified atom stereocenters. The van der Waals surface area contributed by atoms with Gasteiger partial charge >= 0.3 is 0 Å². The van der Waals surface area contributed by atoms with Gasteiger partial charge in [0, 0.05) is 14.9 Å². The van der Waals surface area contributed by atoms with Crippen molar-refractivity contribution in [3.63, 3.8) is 0 Å². The van der Waals surface area contributed by atoms with Gasteiger partial charge in [0.15, 0.2) is 0 Å². The van der Waals surface area contributed by atoms with Crippen molar-refractivity contribution in [1.29, 1.82) is 0 Å². The Balaban J connectivity index is 2.43. The molecule has 0 amide bonds. The van der Waals surface area contributed by atoms with Crippen molar-refractivity contribution in [1.82, 2.24) is 0 Å². The minimum absolute atomic E-state index is 0.181. The molecule has 0 fully saturated rings. The van der Waals surface area contributed by atoms with E-state index in [-0.39, 0.29) is 5.41 Å². The number of hydrogen-bond donors (Lipinski definition) is 0. The van der Waals surface area contributed by atoms with E-state index >= 15 is 0 Å². The molecule has 18 heavy (non-hydrogen) atoms. The Morgan fingerprint density at radius 3 is 2.83 bits per heavy atom. The number of halogens is 1. The monoisotopic (exact) mass is 354 g/mol. The molecule has 0 radical (unpaired) electrons. The molecule has 98 valence electrons. The van der Waals surface area contributed by atoms with Crippen LogP contribution in [0.4, 0.5) is 0 Å². The summed E-state index contributed by atoms with van der Waals surface area (Å²) >= 11 is 2.45. The second kappa shape index (κ2) is 5.36. The van der Waals surface area contributed by atoms with Crippen molar-refractivity contribution in [2.45, 2.75) is 46.5 Å². The molecule has 0 aromatic carbocycles. The maximum absolute atomic E-state index is 4.07. The molecule has 1 heteroatoms. The normalized spacial score (nSPS) is 25.7. The molecular formula is C17H23I. The van der Waals surface area contributed by atoms with E-state index in [0.29, 0.717) is 5.92 Å². The average molecular weight is 354 g/mol. The maximum Gasteiger partial charge on any atom is 0.0114 e. The van der Waals surface area contributed by atoms with Gasteiger partial charge in [0.25, 0.3) is 0 Å². The maximum atomic E-state index is 4.07. The first-order chi connectivity index (χ1) is 8.52. The Labute approximate surface area is 125 Å². The highest BCUT2D eigenvalue weighted by Gasteiger charge is 2.42. The topological polar surface area (TPSA) is 0 Å². The van der Waals surface area contributed by atoms with Crippen molar-refractivity contribution < 1.29 is 0 Å². The first-order valence-electron chi connectivity index (χ1n) is 6.96. The molecule has 0 saturated heterocycles. The summed E-state index contributed by atoms with van der Waals surface area (Å²) in [5, 5.41) is 0. The third kappa shape index (κ3) is 2.26. The standard InChI is InChI=1S/C17H23I/c1-5-7-8-13-14-10-9-12(18)11-16(14)17(3,4)15(13)6-2/h6,9,11,14H,2,5,7-8,10H2,1,3-4H3. The zero-order valence-electron chi connectivity index (χ0n) is 11.7. The van der Waals surface area contributed by atoms with Gasteiger partial charge in [-0.05, 0) is 53.5 Å². The highest BCUT2D eigenvalue weighted by Crippen LogP contribution is 2.55. The van der Waals surface area contributed by atoms with Gasteiger partial charge in [0.2, 0.25) is 0 Å². The summed E-state index contributed by atoms with van der Waals surface area (Å²) in [6, 6.07) is 0. The summed E-state index contributed by atoms with van der Waals surface area (Å²) in [6.45, 7) is 11.1. The second-order valence-corrected chi connectivity index (χ2v) is 7.09. The van der Waals surface area contributed by atoms with Gasteiger partial charge in [0.05, 0.1) is 0 Å². The number of allylic oxidation sites excluding steroid dienone is 7. The van der Waals surface area contributed by atoms with Crippen LogP contribution in [0.5, 0.6) is 0 Å². The summed E-state index contributed by atoms with van der Waals surface area (Å²) in [7, 11) is 0. The Bertz CT molecular complexity index is 446. The smallest absolute Gasteiger partial charge is 0.0114 e. The molecule has 2 rings (SSSR count). The fourth-order valence-electron chi connectivity index (χ4n) is 3.42. The van der Waals surface area contributed by atoms with Crippen LogP contribution in [0.25, 0.3) is 0 Å². The molecule has 0 N–H and O–H groups in total. The lowest BCUT2D eigenvalue weighted by Gasteiger charge is -2.27. The van der Waals surface area contributed by atoms with Crippen LogP contribution in [0, 0.1) is 11.3 Å². The predicted octanol–water partition coefficient (Wildman–Crippen LogP) is 5.96. The van der Waals surface area contributed by atoms with Crippen molar-refractivity contribution >= 4 is 22.6 Å². The molecule has 0 aromatic heterocycles. The molecule has 0 nitrogen and oxygen atoms in total. The lowest BCUT2D eigenvalue weighted by atomic mass is 9.77. The van der Waals surface area contributed by atoms with Gasteiger partial charge < -0.3 is 0 Å². The largest absolute Gasteiger partial charge is 0.0988 e. The lowest BCUT2D eigenvalue weighted by Crippen LogP contribution is -2.16. The summed E-state index contributed by atoms with van der Waals surface area (Å²) in [4.78, 5) is 0. The highest BCUT2D eigenvalue weighted by atomic mass is 127. The Hall–Kier alpha value is -0.310. The molecule has 0 saturated carbocycles. The van der Waals surface area contributed by atoms with Crippen LogP contribution in [-0.2, 0) is 0 Å². The van der Waals surface area contributed by atoms with Crippen molar-refractivity contribution in [2.75, 3.05) is 0 Å². The third-order valence-corrected chi connectivity index (χ3v) is 5.13. The summed E-state index contributed by atoms with van der Waals surface area (Å²) in [6.07, 6.45) is 11.9. The van der Waals surface area contributed by atoms with E-state index in [2.05, 4.69) is 68.2 Å². The number of rotatable bonds is 4. The van der Waals surface area contributed by atoms with Crippen LogP contribution in [0.2, 0.25) is 0 Å². The van der Waals surface area contributed by atoms with Crippen LogP contribution in [0.1, 0.15) is 46.5 Å². The van der Waals surface area contributed by atoms with E-state index in [0.717, 1.165) is 0 Å². The van der Waals surface area contributed by atoms with Crippen LogP contribution in [-0.4, -0.2) is 0 Å². The number of hydrogen-bond acceptors (Lipinski definition) is 0. The molecule has 0 aromatic rings. The van der Waals surface area contributed by atoms with Gasteiger partial charge in [-0.25, -0.2) is 0 Å². The Morgan fingerprint density at radius 1 is 1.50 bits per heavy atom. The summed E-state index contributed by atoms with van der Waals surface area (Å²) in [5.41, 5.74) is 4.94. The van der Waals surface area contributed by atoms with Crippen LogP contribution in [0.15, 0.2) is 45.1 Å². The fourth-order valence-corrected chi connectivity index (χ4v) is 4.01. The predicted molar refractivity (Wildman–Crippen MR) is 88.8 cm³/mol. The Morgan fingerprint density at radius 2 is 2.22 bits per heavy atom. The van der Waals surface area contributed by atoms with E-state index in [1.54, 1.807) is 11.1 Å². The van der Waals surface area contributed by atoms with Crippen LogP contribution in [0.3, 0.4) is 0 Å². The summed E-state index contributed by atoms with van der Waals surface area (Å²) < 4.78 is 1.40. The number of fused-ring (bicyclic) bond motifs is 1. The van der Waals surface area contributed by atoms with Crippen molar-refractivity contribution in [3.05, 3.63) is 45.1 Å². The quantitative estimate of drug-likeness (QED) is 0.546. The van der Waals surface area contributed by atoms with E-state index in [4.69, 9.17) is 0 Å². The van der Waals surface area contributed by atoms with E-state index < -0.39 is 0 Å². The molecule has 0 bridgehead atoms. The molecule has 0 aliphatic heterocycles. The molecule has 2 aliphatic carbocycles. The van der Waals surface area contributed by atoms with Gasteiger partial charge in [-0.1, -0.05) is 57.1 Å². The first-order valence-corrected chi connectivity index (χ1v) is 8.04. The average Bonchev–Trinajstić information content (AvgIpc) is 2.54. The van der Waals surface area contributed by atoms with Crippen molar-refractivity contribution in [2.24, 2.45) is 11.3 Å². The van der Waals surface area contributed by atoms with Gasteiger partial charge in [0.1, 0.15) is 0 Å². The SMILES string of the molecule is C=CC1=C(CCCC)C2CC=C(I)C=C2C1(C)C. The van der Waals surface area contributed by atoms with Crippen molar-refractivity contribution in [3.8, 4) is 0 Å². The van der Waals surface area contributed by atoms with Gasteiger partial charge in [-0.3, -0.25) is 0 Å². The van der Waals surface area contributed by atoms with Crippen LogP contribution >= 0.6 is 22.6 Å². The lowest BCUT2D eigenvalue weighted by molar-refractivity contribution is 0.526. The Kier molecular flexibility index (Phi) is 4.20. The zero-order chi connectivity index (χ0) is 13.3. The molecular weight excluding hydrogens is 331 g/mol. The molecule has 1 atom stereocenters. The van der Waals surface area contributed by atoms with Crippen LogP contribution < -0.4 is 0 Å². The zero-order valence-corrected chi connectivity index (χ0v) is 13.9. The highest BCUT2D eigenvalue weighted by molar-refractivity contribution is 14.1. The third-order valence-electron chi connectivity index (χ3n) is 4.38. The minimum Gasteiger partial charge on any atom is -0.0988 e. The fraction of sp³-hybridized carbons (Fsp3) is 0.529. The van der Waals surface area contributed by atoms with E-state index in [1.165, 1.54) is 34.8 Å². The molecule has 0 heterocycles. The minimum atomic E-state index is 0.181. The van der Waals surface area contributed by atoms with Gasteiger partial charge in [-0.2, -0.15) is 0 Å². The molecule has 0 spiro atoms. The van der Waals surface area contributed by atoms with E-state index in [1.807, 2.05) is 0 Å². The number of unbranched alkanes of at least 4 members (excludes halogenated alkanes) is 1. The first kappa shape index (κ1) is 14.1.